The molecule has 31 heavy (non-hydrogen) atoms. The number of carboxylic acids is 1. The average molecular weight is 439 g/mol. The van der Waals surface area contributed by atoms with Crippen LogP contribution in [0.25, 0.3) is 0 Å². The minimum absolute atomic E-state index is 0.0304. The molecule has 1 fully saturated rings. The van der Waals surface area contributed by atoms with Gasteiger partial charge in [-0.15, -0.1) is 0 Å². The quantitative estimate of drug-likeness (QED) is 0.512. The van der Waals surface area contributed by atoms with Gasteiger partial charge < -0.3 is 19.7 Å². The molecule has 2 aromatic rings. The van der Waals surface area contributed by atoms with Crippen molar-refractivity contribution in [3.63, 3.8) is 0 Å². The summed E-state index contributed by atoms with van der Waals surface area (Å²) in [6, 6.07) is 6.05. The van der Waals surface area contributed by atoms with Gasteiger partial charge in [-0.3, -0.25) is 20.2 Å². The third-order valence-corrected chi connectivity index (χ3v) is 4.83. The molecule has 0 amide bonds. The van der Waals surface area contributed by atoms with Crippen molar-refractivity contribution in [1.82, 2.24) is 0 Å². The molecule has 2 aromatic carbocycles. The number of carbonyl (C=O) groups excluding carboxylic acids is 1. The average Bonchev–Trinajstić information content (AvgIpc) is 2.72. The summed E-state index contributed by atoms with van der Waals surface area (Å²) >= 11 is 0. The van der Waals surface area contributed by atoms with Gasteiger partial charge in [0.15, 0.2) is 5.69 Å². The Balaban J connectivity index is 1.91. The first-order valence-electron chi connectivity index (χ1n) is 8.84. The van der Waals surface area contributed by atoms with Gasteiger partial charge in [0.25, 0.3) is 11.4 Å². The maximum Gasteiger partial charge on any atom is 0.416 e. The zero-order chi connectivity index (χ0) is 22.9. The fourth-order valence-electron chi connectivity index (χ4n) is 3.39. The van der Waals surface area contributed by atoms with E-state index in [2.05, 4.69) is 0 Å². The fourth-order valence-corrected chi connectivity index (χ4v) is 3.39. The number of carbonyl (C=O) groups is 1. The van der Waals surface area contributed by atoms with Crippen molar-refractivity contribution < 1.29 is 32.9 Å². The monoisotopic (exact) mass is 439 g/mol. The van der Waals surface area contributed by atoms with Crippen LogP contribution >= 0.6 is 0 Å². The van der Waals surface area contributed by atoms with Crippen molar-refractivity contribution in [2.24, 2.45) is 0 Å². The Bertz CT molecular complexity index is 1020. The van der Waals surface area contributed by atoms with E-state index in [0.717, 1.165) is 12.1 Å². The highest BCUT2D eigenvalue weighted by Gasteiger charge is 2.34. The molecule has 0 atom stereocenters. The lowest BCUT2D eigenvalue weighted by atomic mass is 10.1. The van der Waals surface area contributed by atoms with Crippen LogP contribution in [-0.4, -0.2) is 42.0 Å². The van der Waals surface area contributed by atoms with E-state index >= 15 is 0 Å². The van der Waals surface area contributed by atoms with Gasteiger partial charge in [-0.2, -0.15) is 13.2 Å². The van der Waals surface area contributed by atoms with Crippen LogP contribution < -0.4 is 14.9 Å². The van der Waals surface area contributed by atoms with Crippen molar-refractivity contribution in [3.8, 4) is 0 Å². The van der Waals surface area contributed by atoms with Crippen LogP contribution in [0.4, 0.5) is 35.9 Å². The first kappa shape index (κ1) is 21.8. The van der Waals surface area contributed by atoms with Crippen molar-refractivity contribution in [3.05, 3.63) is 67.8 Å². The van der Waals surface area contributed by atoms with Crippen LogP contribution in [0.5, 0.6) is 0 Å². The topological polar surface area (TPSA) is 133 Å². The summed E-state index contributed by atoms with van der Waals surface area (Å²) in [7, 11) is 0. The summed E-state index contributed by atoms with van der Waals surface area (Å²) in [5.74, 6) is -1.80. The molecule has 0 saturated carbocycles. The molecule has 0 N–H and O–H groups in total. The number of aromatic carboxylic acids is 1. The molecule has 1 aliphatic rings. The minimum atomic E-state index is -4.51. The van der Waals surface area contributed by atoms with Gasteiger partial charge in [-0.25, -0.2) is 0 Å². The normalized spacial score (nSPS) is 14.4. The molecular formula is C18H14F3N4O6-. The Morgan fingerprint density at radius 1 is 0.903 bits per heavy atom. The zero-order valence-electron chi connectivity index (χ0n) is 15.7. The molecule has 0 aliphatic carbocycles. The van der Waals surface area contributed by atoms with E-state index in [1.807, 2.05) is 0 Å². The van der Waals surface area contributed by atoms with Crippen molar-refractivity contribution >= 4 is 28.7 Å². The number of nitrogens with zero attached hydrogens (tertiary/aromatic N) is 4. The fraction of sp³-hybridized carbons (Fsp3) is 0.278. The zero-order valence-corrected chi connectivity index (χ0v) is 15.7. The van der Waals surface area contributed by atoms with Gasteiger partial charge in [0, 0.05) is 49.6 Å². The van der Waals surface area contributed by atoms with Crippen LogP contribution in [0.3, 0.4) is 0 Å². The number of piperazine rings is 1. The first-order chi connectivity index (χ1) is 14.5. The largest absolute Gasteiger partial charge is 0.545 e. The summed E-state index contributed by atoms with van der Waals surface area (Å²) in [5.41, 5.74) is -3.11. The molecule has 0 unspecified atom stereocenters. The highest BCUT2D eigenvalue weighted by atomic mass is 19.4. The third kappa shape index (κ3) is 4.49. The second-order valence-electron chi connectivity index (χ2n) is 6.69. The number of anilines is 2. The Hall–Kier alpha value is -3.90. The number of nitro groups is 2. The lowest BCUT2D eigenvalue weighted by Crippen LogP contribution is -2.47. The Kier molecular flexibility index (Phi) is 5.69. The second kappa shape index (κ2) is 8.08. The summed E-state index contributed by atoms with van der Waals surface area (Å²) in [6.45, 7) is 0.334. The van der Waals surface area contributed by atoms with E-state index < -0.39 is 44.5 Å². The van der Waals surface area contributed by atoms with Gasteiger partial charge in [-0.05, 0) is 18.2 Å². The standard InChI is InChI=1S/C18H15F3N4O6/c19-18(20,21)12-2-1-3-13(10-12)22-4-6-23(7-5-22)16-14(24(28)29)8-11(17(26)27)9-15(16)25(30)31/h1-3,8-10H,4-7H2,(H,26,27)/p-1. The molecule has 0 aromatic heterocycles. The van der Waals surface area contributed by atoms with Gasteiger partial charge in [0.2, 0.25) is 0 Å². The molecule has 3 rings (SSSR count). The van der Waals surface area contributed by atoms with Gasteiger partial charge >= 0.3 is 6.18 Å². The van der Waals surface area contributed by atoms with Gasteiger partial charge in [-0.1, -0.05) is 6.07 Å². The molecule has 10 nitrogen and oxygen atoms in total. The number of halogens is 3. The summed E-state index contributed by atoms with van der Waals surface area (Å²) in [4.78, 5) is 35.1. The van der Waals surface area contributed by atoms with Crippen LogP contribution in [-0.2, 0) is 6.18 Å². The SMILES string of the molecule is O=C([O-])c1cc([N+](=O)[O-])c(N2CCN(c3cccc(C(F)(F)F)c3)CC2)c([N+](=O)[O-])c1. The second-order valence-corrected chi connectivity index (χ2v) is 6.69. The van der Waals surface area contributed by atoms with Crippen molar-refractivity contribution in [2.75, 3.05) is 36.0 Å². The van der Waals surface area contributed by atoms with E-state index in [1.54, 1.807) is 4.90 Å². The molecule has 1 aliphatic heterocycles. The molecule has 164 valence electrons. The van der Waals surface area contributed by atoms with E-state index in [1.165, 1.54) is 17.0 Å². The van der Waals surface area contributed by atoms with Gasteiger partial charge in [0.1, 0.15) is 0 Å². The number of alkyl halides is 3. The third-order valence-electron chi connectivity index (χ3n) is 4.83. The summed E-state index contributed by atoms with van der Waals surface area (Å²) < 4.78 is 38.8. The van der Waals surface area contributed by atoms with E-state index in [-0.39, 0.29) is 31.9 Å². The van der Waals surface area contributed by atoms with Crippen LogP contribution in [0.2, 0.25) is 0 Å². The molecular weight excluding hydrogens is 425 g/mol. The number of hydrogen-bond acceptors (Lipinski definition) is 8. The van der Waals surface area contributed by atoms with E-state index in [9.17, 15) is 43.3 Å². The molecule has 1 saturated heterocycles. The van der Waals surface area contributed by atoms with E-state index in [4.69, 9.17) is 0 Å². The lowest BCUT2D eigenvalue weighted by molar-refractivity contribution is -0.392. The van der Waals surface area contributed by atoms with E-state index in [0.29, 0.717) is 17.8 Å². The number of benzene rings is 2. The Morgan fingerprint density at radius 2 is 1.42 bits per heavy atom. The van der Waals surface area contributed by atoms with Crippen LogP contribution in [0.15, 0.2) is 36.4 Å². The van der Waals surface area contributed by atoms with Crippen molar-refractivity contribution in [1.29, 1.82) is 0 Å². The Morgan fingerprint density at radius 3 is 1.87 bits per heavy atom. The molecule has 0 bridgehead atoms. The number of nitro benzene ring substituents is 2. The minimum Gasteiger partial charge on any atom is -0.545 e. The maximum absolute atomic E-state index is 12.9. The molecule has 13 heteroatoms. The smallest absolute Gasteiger partial charge is 0.416 e. The number of rotatable bonds is 5. The molecule has 1 heterocycles. The summed E-state index contributed by atoms with van der Waals surface area (Å²) in [6.07, 6.45) is -4.51. The summed E-state index contributed by atoms with van der Waals surface area (Å²) in [5, 5.41) is 34.0. The van der Waals surface area contributed by atoms with Crippen LogP contribution in [0.1, 0.15) is 15.9 Å². The molecule has 0 radical (unpaired) electrons. The van der Waals surface area contributed by atoms with Crippen LogP contribution in [0, 0.1) is 20.2 Å². The Labute approximate surface area is 172 Å². The maximum atomic E-state index is 12.9. The number of carboxylic acid groups (broad SMARTS) is 1. The number of hydrogen-bond donors (Lipinski definition) is 0. The predicted molar refractivity (Wildman–Crippen MR) is 100.0 cm³/mol. The molecule has 0 spiro atoms. The van der Waals surface area contributed by atoms with Crippen molar-refractivity contribution in [2.45, 2.75) is 6.18 Å². The lowest BCUT2D eigenvalue weighted by Gasteiger charge is -2.37. The first-order valence-corrected chi connectivity index (χ1v) is 8.84. The predicted octanol–water partition coefficient (Wildman–Crippen LogP) is 2.21. The van der Waals surface area contributed by atoms with Gasteiger partial charge in [0.05, 0.1) is 21.4 Å². The highest BCUT2D eigenvalue weighted by Crippen LogP contribution is 2.39. The highest BCUT2D eigenvalue weighted by molar-refractivity contribution is 5.91.